The molecule has 0 fully saturated rings. The van der Waals surface area contributed by atoms with Gasteiger partial charge in [0.05, 0.1) is 10.5 Å². The molecule has 0 radical (unpaired) electrons. The predicted octanol–water partition coefficient (Wildman–Crippen LogP) is 1.93. The van der Waals surface area contributed by atoms with E-state index in [1.807, 2.05) is 69.8 Å². The lowest BCUT2D eigenvalue weighted by Gasteiger charge is -2.07. The molecular weight excluding hydrogens is 541 g/mol. The van der Waals surface area contributed by atoms with E-state index in [0.717, 1.165) is 11.0 Å². The van der Waals surface area contributed by atoms with Crippen molar-refractivity contribution >= 4 is 28.3 Å². The van der Waals surface area contributed by atoms with Crippen molar-refractivity contribution in [2.24, 2.45) is 0 Å². The first-order valence-corrected chi connectivity index (χ1v) is 9.85. The van der Waals surface area contributed by atoms with E-state index < -0.39 is 4.92 Å². The zero-order valence-corrected chi connectivity index (χ0v) is 19.4. The van der Waals surface area contributed by atoms with Crippen molar-refractivity contribution < 1.29 is 33.5 Å². The molecule has 0 aliphatic carbocycles. The molecule has 9 heteroatoms. The molecule has 32 heavy (non-hydrogen) atoms. The van der Waals surface area contributed by atoms with Gasteiger partial charge in [0.2, 0.25) is 5.82 Å². The highest BCUT2D eigenvalue weighted by molar-refractivity contribution is 6.32. The van der Waals surface area contributed by atoms with Gasteiger partial charge in [0.15, 0.2) is 5.82 Å². The van der Waals surface area contributed by atoms with Gasteiger partial charge in [0, 0.05) is 18.3 Å². The van der Waals surface area contributed by atoms with E-state index in [2.05, 4.69) is 9.97 Å². The topological polar surface area (TPSA) is 77.7 Å². The van der Waals surface area contributed by atoms with Crippen LogP contribution in [0.2, 0.25) is 5.02 Å². The number of hydrogen-bond donors (Lipinski definition) is 0. The van der Waals surface area contributed by atoms with Crippen LogP contribution in [-0.2, 0) is 0 Å². The third-order valence-electron chi connectivity index (χ3n) is 4.94. The van der Waals surface area contributed by atoms with Gasteiger partial charge in [0.25, 0.3) is 11.5 Å². The molecular formula is C23H15ClIN5O2. The van der Waals surface area contributed by atoms with Crippen LogP contribution >= 0.6 is 11.6 Å². The molecule has 3 aromatic heterocycles. The van der Waals surface area contributed by atoms with Crippen molar-refractivity contribution in [2.75, 3.05) is 0 Å². The Morgan fingerprint density at radius 3 is 2.31 bits per heavy atom. The molecule has 0 amide bonds. The fraction of sp³-hybridized carbons (Fsp3) is 0. The summed E-state index contributed by atoms with van der Waals surface area (Å²) in [4.78, 5) is 20.2. The summed E-state index contributed by atoms with van der Waals surface area (Å²) >= 11 is 6.09. The van der Waals surface area contributed by atoms with E-state index in [1.54, 1.807) is 18.5 Å². The van der Waals surface area contributed by atoms with Crippen LogP contribution in [-0.4, -0.2) is 19.5 Å². The van der Waals surface area contributed by atoms with E-state index in [4.69, 9.17) is 11.6 Å². The number of imidazole rings is 1. The second-order valence-corrected chi connectivity index (χ2v) is 7.19. The van der Waals surface area contributed by atoms with Crippen LogP contribution in [0.3, 0.4) is 0 Å². The minimum atomic E-state index is -0.481. The molecule has 0 saturated carbocycles. The average molecular weight is 556 g/mol. The summed E-state index contributed by atoms with van der Waals surface area (Å²) < 4.78 is 3.94. The summed E-state index contributed by atoms with van der Waals surface area (Å²) in [5.74, 6) is 2.04. The van der Waals surface area contributed by atoms with E-state index in [1.165, 1.54) is 12.1 Å². The third-order valence-corrected chi connectivity index (χ3v) is 5.26. The number of nitrogens with zero attached hydrogens (tertiary/aromatic N) is 5. The van der Waals surface area contributed by atoms with Crippen molar-refractivity contribution in [3.63, 3.8) is 0 Å². The molecule has 7 nitrogen and oxygen atoms in total. The maximum absolute atomic E-state index is 11.6. The zero-order chi connectivity index (χ0) is 21.4. The molecule has 5 aromatic rings. The molecule has 0 atom stereocenters. The third kappa shape index (κ3) is 3.71. The number of para-hydroxylation sites is 2. The lowest BCUT2D eigenvalue weighted by Crippen LogP contribution is -3.00. The highest BCUT2D eigenvalue weighted by Crippen LogP contribution is 2.33. The van der Waals surface area contributed by atoms with Gasteiger partial charge < -0.3 is 24.0 Å². The molecule has 0 spiro atoms. The fourth-order valence-electron chi connectivity index (χ4n) is 3.66. The SMILES string of the molecule is O=[N+]([O-])c1cc(-c2n(-c3ccccn3)c3ccccc3[n+]2-c2ccccn2)ccc1Cl.[I-]. The number of halogens is 2. The Hall–Kier alpha value is -3.37. The summed E-state index contributed by atoms with van der Waals surface area (Å²) in [6.45, 7) is 0. The lowest BCUT2D eigenvalue weighted by atomic mass is 10.2. The number of aromatic nitrogens is 4. The molecule has 0 N–H and O–H groups in total. The Balaban J connectivity index is 0.00000245. The Bertz CT molecular complexity index is 1350. The number of fused-ring (bicyclic) bond motifs is 1. The number of hydrogen-bond acceptors (Lipinski definition) is 4. The number of benzene rings is 2. The quantitative estimate of drug-likeness (QED) is 0.147. The van der Waals surface area contributed by atoms with Crippen LogP contribution in [0, 0.1) is 10.1 Å². The minimum Gasteiger partial charge on any atom is -1.00 e. The van der Waals surface area contributed by atoms with Crippen LogP contribution in [0.25, 0.3) is 34.1 Å². The van der Waals surface area contributed by atoms with Gasteiger partial charge in [-0.15, -0.1) is 4.98 Å². The molecule has 158 valence electrons. The van der Waals surface area contributed by atoms with Crippen LogP contribution in [0.5, 0.6) is 0 Å². The van der Waals surface area contributed by atoms with Gasteiger partial charge in [0.1, 0.15) is 22.3 Å². The molecule has 3 heterocycles. The second kappa shape index (κ2) is 9.01. The second-order valence-electron chi connectivity index (χ2n) is 6.78. The van der Waals surface area contributed by atoms with Gasteiger partial charge in [-0.3, -0.25) is 10.1 Å². The Morgan fingerprint density at radius 1 is 0.906 bits per heavy atom. The summed E-state index contributed by atoms with van der Waals surface area (Å²) in [6, 6.07) is 23.9. The van der Waals surface area contributed by atoms with E-state index >= 15 is 0 Å². The summed E-state index contributed by atoms with van der Waals surface area (Å²) in [6.07, 6.45) is 3.42. The van der Waals surface area contributed by atoms with Gasteiger partial charge >= 0.3 is 0 Å². The molecule has 0 unspecified atom stereocenters. The molecule has 0 aliphatic rings. The summed E-state index contributed by atoms with van der Waals surface area (Å²) in [5, 5.41) is 11.7. The van der Waals surface area contributed by atoms with Crippen LogP contribution in [0.1, 0.15) is 0 Å². The fourth-order valence-corrected chi connectivity index (χ4v) is 3.84. The summed E-state index contributed by atoms with van der Waals surface area (Å²) in [5.41, 5.74) is 2.23. The Kier molecular flexibility index (Phi) is 6.15. The van der Waals surface area contributed by atoms with E-state index in [0.29, 0.717) is 23.0 Å². The predicted molar refractivity (Wildman–Crippen MR) is 117 cm³/mol. The van der Waals surface area contributed by atoms with Gasteiger partial charge in [-0.2, -0.15) is 4.57 Å². The highest BCUT2D eigenvalue weighted by atomic mass is 127. The first-order valence-electron chi connectivity index (χ1n) is 9.48. The van der Waals surface area contributed by atoms with Crippen molar-refractivity contribution in [3.05, 3.63) is 106 Å². The average Bonchev–Trinajstić information content (AvgIpc) is 3.15. The first-order chi connectivity index (χ1) is 15.1. The minimum absolute atomic E-state index is 0. The number of pyridine rings is 2. The number of nitro groups is 1. The zero-order valence-electron chi connectivity index (χ0n) is 16.5. The van der Waals surface area contributed by atoms with Crippen LogP contribution in [0.4, 0.5) is 5.69 Å². The van der Waals surface area contributed by atoms with Gasteiger partial charge in [-0.05, 0) is 42.5 Å². The maximum Gasteiger partial charge on any atom is 0.288 e. The standard InChI is InChI=1S/C23H15ClN5O2.HI/c24-17-12-11-16(15-20(17)29(30)31)23-27(21-9-3-5-13-25-21)18-7-1-2-8-19(18)28(23)22-10-4-6-14-26-22;/h1-15H;1H/q+1;/p-1. The normalized spacial score (nSPS) is 10.7. The van der Waals surface area contributed by atoms with Crippen LogP contribution in [0.15, 0.2) is 91.3 Å². The van der Waals surface area contributed by atoms with Crippen molar-refractivity contribution in [2.45, 2.75) is 0 Å². The van der Waals surface area contributed by atoms with Gasteiger partial charge in [-0.1, -0.05) is 35.9 Å². The molecule has 0 aliphatic heterocycles. The first kappa shape index (κ1) is 21.8. The maximum atomic E-state index is 11.6. The monoisotopic (exact) mass is 555 g/mol. The van der Waals surface area contributed by atoms with Crippen molar-refractivity contribution in [1.29, 1.82) is 0 Å². The van der Waals surface area contributed by atoms with Gasteiger partial charge in [-0.25, -0.2) is 9.55 Å². The smallest absolute Gasteiger partial charge is 0.288 e. The largest absolute Gasteiger partial charge is 1.00 e. The lowest BCUT2D eigenvalue weighted by molar-refractivity contribution is -0.559. The molecule has 0 bridgehead atoms. The number of nitro benzene ring substituents is 1. The Morgan fingerprint density at radius 2 is 1.62 bits per heavy atom. The van der Waals surface area contributed by atoms with E-state index in [-0.39, 0.29) is 34.7 Å². The molecule has 0 saturated heterocycles. The Labute approximate surface area is 205 Å². The van der Waals surface area contributed by atoms with E-state index in [9.17, 15) is 10.1 Å². The van der Waals surface area contributed by atoms with Crippen molar-refractivity contribution in [3.8, 4) is 23.0 Å². The molecule has 2 aromatic carbocycles. The molecule has 5 rings (SSSR count). The van der Waals surface area contributed by atoms with Crippen molar-refractivity contribution in [1.82, 2.24) is 14.5 Å². The summed E-state index contributed by atoms with van der Waals surface area (Å²) in [7, 11) is 0. The highest BCUT2D eigenvalue weighted by Gasteiger charge is 2.29. The van der Waals surface area contributed by atoms with Crippen LogP contribution < -0.4 is 28.5 Å². The number of rotatable bonds is 4.